The Hall–Kier alpha value is -3.34. The minimum absolute atomic E-state index is 0.255. The van der Waals surface area contributed by atoms with E-state index in [1.807, 2.05) is 57.3 Å². The number of rotatable bonds is 1. The maximum atomic E-state index is 12.2. The molecule has 0 radical (unpaired) electrons. The van der Waals surface area contributed by atoms with Crippen molar-refractivity contribution in [2.24, 2.45) is 5.41 Å². The molecule has 0 unspecified atom stereocenters. The maximum absolute atomic E-state index is 12.2. The molecule has 134 valence electrons. The number of pyridine rings is 1. The van der Waals surface area contributed by atoms with Gasteiger partial charge in [-0.1, -0.05) is 18.2 Å². The first-order valence-corrected chi connectivity index (χ1v) is 8.95. The van der Waals surface area contributed by atoms with E-state index in [0.29, 0.717) is 5.75 Å². The van der Waals surface area contributed by atoms with Crippen LogP contribution in [0.5, 0.6) is 5.75 Å². The average molecular weight is 357 g/mol. The molecular weight excluding hydrogens is 338 g/mol. The Balaban J connectivity index is 1.73. The van der Waals surface area contributed by atoms with Crippen molar-refractivity contribution >= 4 is 49.7 Å². The highest BCUT2D eigenvalue weighted by Crippen LogP contribution is 2.35. The van der Waals surface area contributed by atoms with Crippen LogP contribution in [0.1, 0.15) is 20.8 Å². The van der Waals surface area contributed by atoms with E-state index in [2.05, 4.69) is 27.1 Å². The van der Waals surface area contributed by atoms with Crippen LogP contribution in [-0.4, -0.2) is 20.9 Å². The zero-order valence-corrected chi connectivity index (χ0v) is 15.4. The number of aromatic amines is 2. The quantitative estimate of drug-likeness (QED) is 0.316. The molecule has 2 N–H and O–H groups in total. The van der Waals surface area contributed by atoms with E-state index in [4.69, 9.17) is 4.74 Å². The summed E-state index contributed by atoms with van der Waals surface area (Å²) in [6, 6.07) is 13.9. The number of hydrogen-bond acceptors (Lipinski definition) is 3. The topological polar surface area (TPSA) is 70.8 Å². The Bertz CT molecular complexity index is 1350. The Morgan fingerprint density at radius 3 is 2.59 bits per heavy atom. The van der Waals surface area contributed by atoms with E-state index < -0.39 is 5.41 Å². The first-order chi connectivity index (χ1) is 12.9. The second kappa shape index (κ2) is 5.33. The van der Waals surface area contributed by atoms with Crippen molar-refractivity contribution in [3.05, 3.63) is 48.7 Å². The van der Waals surface area contributed by atoms with Crippen LogP contribution in [0.4, 0.5) is 0 Å². The average Bonchev–Trinajstić information content (AvgIpc) is 3.17. The summed E-state index contributed by atoms with van der Waals surface area (Å²) in [5.74, 6) is 0.277. The molecule has 0 aliphatic rings. The number of hydrogen-bond donors (Lipinski definition) is 2. The van der Waals surface area contributed by atoms with Gasteiger partial charge in [-0.3, -0.25) is 9.78 Å². The first-order valence-electron chi connectivity index (χ1n) is 8.95. The van der Waals surface area contributed by atoms with Crippen LogP contribution < -0.4 is 4.74 Å². The fraction of sp³-hybridized carbons (Fsp3) is 0.182. The summed E-state index contributed by atoms with van der Waals surface area (Å²) in [7, 11) is 0. The molecule has 0 atom stereocenters. The molecule has 0 spiro atoms. The van der Waals surface area contributed by atoms with E-state index >= 15 is 0 Å². The molecule has 5 heteroatoms. The lowest BCUT2D eigenvalue weighted by atomic mass is 9.97. The minimum Gasteiger partial charge on any atom is -0.426 e. The third-order valence-corrected chi connectivity index (χ3v) is 4.87. The van der Waals surface area contributed by atoms with Crippen LogP contribution in [-0.2, 0) is 4.79 Å². The van der Waals surface area contributed by atoms with Gasteiger partial charge in [-0.25, -0.2) is 0 Å². The van der Waals surface area contributed by atoms with Gasteiger partial charge in [0, 0.05) is 27.7 Å². The number of ether oxygens (including phenoxy) is 1. The molecule has 0 saturated carbocycles. The lowest BCUT2D eigenvalue weighted by molar-refractivity contribution is -0.142. The number of carbonyl (C=O) groups is 1. The summed E-state index contributed by atoms with van der Waals surface area (Å²) in [5.41, 5.74) is 4.33. The van der Waals surface area contributed by atoms with Crippen LogP contribution in [0, 0.1) is 5.41 Å². The third-order valence-electron chi connectivity index (χ3n) is 4.87. The predicted molar refractivity (Wildman–Crippen MR) is 108 cm³/mol. The summed E-state index contributed by atoms with van der Waals surface area (Å²) in [5, 5.41) is 3.29. The number of aromatic nitrogens is 3. The normalized spacial score (nSPS) is 12.4. The molecule has 2 aromatic carbocycles. The standard InChI is InChI=1S/C22H19N3O2/c1-22(2,3)21(26)27-12-8-9-14-16(10-12)25-20-18-13-6-4-5-7-15(13)24-17(18)11-23-19(14)20/h4-11,24-25H,1-3H3. The predicted octanol–water partition coefficient (Wildman–Crippen LogP) is 5.30. The lowest BCUT2D eigenvalue weighted by Crippen LogP contribution is -2.25. The van der Waals surface area contributed by atoms with E-state index in [1.54, 1.807) is 0 Å². The van der Waals surface area contributed by atoms with Crippen molar-refractivity contribution in [2.75, 3.05) is 0 Å². The van der Waals surface area contributed by atoms with Gasteiger partial charge in [-0.05, 0) is 39.0 Å². The molecule has 0 fully saturated rings. The van der Waals surface area contributed by atoms with Crippen molar-refractivity contribution in [3.8, 4) is 5.75 Å². The summed E-state index contributed by atoms with van der Waals surface area (Å²) in [4.78, 5) is 23.7. The molecule has 27 heavy (non-hydrogen) atoms. The Morgan fingerprint density at radius 2 is 1.78 bits per heavy atom. The zero-order chi connectivity index (χ0) is 18.8. The number of esters is 1. The van der Waals surface area contributed by atoms with Crippen LogP contribution in [0.25, 0.3) is 43.7 Å². The highest BCUT2D eigenvalue weighted by atomic mass is 16.5. The van der Waals surface area contributed by atoms with Crippen molar-refractivity contribution in [2.45, 2.75) is 20.8 Å². The van der Waals surface area contributed by atoms with Gasteiger partial charge in [0.25, 0.3) is 0 Å². The zero-order valence-electron chi connectivity index (χ0n) is 15.4. The first kappa shape index (κ1) is 15.9. The Morgan fingerprint density at radius 1 is 0.963 bits per heavy atom. The summed E-state index contributed by atoms with van der Waals surface area (Å²) >= 11 is 0. The van der Waals surface area contributed by atoms with Crippen LogP contribution in [0.3, 0.4) is 0 Å². The summed E-state index contributed by atoms with van der Waals surface area (Å²) < 4.78 is 5.54. The second-order valence-corrected chi connectivity index (χ2v) is 7.91. The van der Waals surface area contributed by atoms with E-state index in [9.17, 15) is 4.79 Å². The van der Waals surface area contributed by atoms with E-state index in [0.717, 1.165) is 43.7 Å². The lowest BCUT2D eigenvalue weighted by Gasteiger charge is -2.16. The van der Waals surface area contributed by atoms with Gasteiger partial charge < -0.3 is 14.7 Å². The fourth-order valence-corrected chi connectivity index (χ4v) is 3.46. The molecular formula is C22H19N3O2. The molecule has 3 aromatic heterocycles. The molecule has 0 aliphatic heterocycles. The van der Waals surface area contributed by atoms with Gasteiger partial charge >= 0.3 is 5.97 Å². The Labute approximate surface area is 155 Å². The number of benzene rings is 2. The highest BCUT2D eigenvalue weighted by Gasteiger charge is 2.24. The number of para-hydroxylation sites is 1. The van der Waals surface area contributed by atoms with Crippen LogP contribution in [0.15, 0.2) is 48.7 Å². The van der Waals surface area contributed by atoms with E-state index in [1.165, 1.54) is 0 Å². The molecule has 0 saturated heterocycles. The van der Waals surface area contributed by atoms with Crippen molar-refractivity contribution in [1.82, 2.24) is 15.0 Å². The molecule has 0 aliphatic carbocycles. The van der Waals surface area contributed by atoms with Gasteiger partial charge in [0.2, 0.25) is 0 Å². The molecule has 0 amide bonds. The molecule has 0 bridgehead atoms. The Kier molecular flexibility index (Phi) is 3.13. The number of fused-ring (bicyclic) bond motifs is 7. The number of nitrogens with zero attached hydrogens (tertiary/aromatic N) is 1. The van der Waals surface area contributed by atoms with Gasteiger partial charge in [-0.15, -0.1) is 0 Å². The monoisotopic (exact) mass is 357 g/mol. The summed E-state index contributed by atoms with van der Waals surface area (Å²) in [6.07, 6.45) is 1.87. The van der Waals surface area contributed by atoms with Gasteiger partial charge in [0.15, 0.2) is 0 Å². The minimum atomic E-state index is -0.548. The van der Waals surface area contributed by atoms with Gasteiger partial charge in [-0.2, -0.15) is 0 Å². The number of carbonyl (C=O) groups excluding carboxylic acids is 1. The third kappa shape index (κ3) is 2.39. The second-order valence-electron chi connectivity index (χ2n) is 7.91. The van der Waals surface area contributed by atoms with Crippen molar-refractivity contribution < 1.29 is 9.53 Å². The number of H-pyrrole nitrogens is 2. The van der Waals surface area contributed by atoms with Gasteiger partial charge in [0.1, 0.15) is 5.75 Å². The fourth-order valence-electron chi connectivity index (χ4n) is 3.46. The van der Waals surface area contributed by atoms with Crippen molar-refractivity contribution in [3.63, 3.8) is 0 Å². The van der Waals surface area contributed by atoms with Crippen molar-refractivity contribution in [1.29, 1.82) is 0 Å². The molecule has 5 nitrogen and oxygen atoms in total. The summed E-state index contributed by atoms with van der Waals surface area (Å²) in [6.45, 7) is 5.53. The molecule has 5 rings (SSSR count). The van der Waals surface area contributed by atoms with E-state index in [-0.39, 0.29) is 5.97 Å². The van der Waals surface area contributed by atoms with Crippen LogP contribution in [0.2, 0.25) is 0 Å². The van der Waals surface area contributed by atoms with Gasteiger partial charge in [0.05, 0.1) is 33.7 Å². The largest absolute Gasteiger partial charge is 0.426 e. The molecule has 3 heterocycles. The smallest absolute Gasteiger partial charge is 0.316 e. The highest BCUT2D eigenvalue weighted by molar-refractivity contribution is 6.22. The van der Waals surface area contributed by atoms with Crippen LogP contribution >= 0.6 is 0 Å². The number of nitrogens with one attached hydrogen (secondary N) is 2. The SMILES string of the molecule is CC(C)(C)C(=O)Oc1ccc2c(c1)[nH]c1c2ncc2[nH]c3ccccc3c21. The molecule has 5 aromatic rings. The maximum Gasteiger partial charge on any atom is 0.316 e.